The third-order valence-corrected chi connectivity index (χ3v) is 12.7. The van der Waals surface area contributed by atoms with Crippen LogP contribution in [0, 0.1) is 17.8 Å². The number of rotatable bonds is 21. The van der Waals surface area contributed by atoms with Gasteiger partial charge in [-0.2, -0.15) is 0 Å². The van der Waals surface area contributed by atoms with Gasteiger partial charge in [-0.05, 0) is 89.6 Å². The molecular formula is C52H61N3O9. The summed E-state index contributed by atoms with van der Waals surface area (Å²) in [5.74, 6) is -1.50. The Morgan fingerprint density at radius 2 is 1.70 bits per heavy atom. The Morgan fingerprint density at radius 3 is 2.47 bits per heavy atom. The van der Waals surface area contributed by atoms with Gasteiger partial charge >= 0.3 is 12.2 Å². The molecule has 1 saturated carbocycles. The van der Waals surface area contributed by atoms with E-state index in [0.717, 1.165) is 58.7 Å². The summed E-state index contributed by atoms with van der Waals surface area (Å²) in [6.45, 7) is 8.71. The fourth-order valence-corrected chi connectivity index (χ4v) is 9.96. The number of amides is 2. The summed E-state index contributed by atoms with van der Waals surface area (Å²) in [6.07, 6.45) is 9.57. The second-order valence-corrected chi connectivity index (χ2v) is 16.6. The van der Waals surface area contributed by atoms with Gasteiger partial charge < -0.3 is 39.3 Å². The molecule has 0 spiro atoms. The summed E-state index contributed by atoms with van der Waals surface area (Å²) in [4.78, 5) is 35.4. The number of ether oxygens (including phenoxy) is 4. The number of aliphatic hydroxyl groups excluding tert-OH is 2. The Balaban J connectivity index is 1.40. The predicted molar refractivity (Wildman–Crippen MR) is 247 cm³/mol. The third-order valence-electron chi connectivity index (χ3n) is 12.7. The molecule has 3 aliphatic rings. The van der Waals surface area contributed by atoms with Gasteiger partial charge in [0.15, 0.2) is 0 Å². The fourth-order valence-electron chi connectivity index (χ4n) is 9.96. The van der Waals surface area contributed by atoms with Crippen molar-refractivity contribution in [2.24, 2.45) is 22.9 Å². The smallest absolute Gasteiger partial charge is 0.412 e. The Kier molecular flexibility index (Phi) is 15.9. The Labute approximate surface area is 376 Å². The van der Waals surface area contributed by atoms with Crippen molar-refractivity contribution >= 4 is 28.7 Å². The molecule has 0 saturated heterocycles. The second-order valence-electron chi connectivity index (χ2n) is 16.6. The maximum absolute atomic E-state index is 14.8. The molecule has 4 aromatic carbocycles. The van der Waals surface area contributed by atoms with Gasteiger partial charge in [-0.1, -0.05) is 109 Å². The first kappa shape index (κ1) is 46.1. The molecule has 4 aromatic rings. The zero-order chi connectivity index (χ0) is 44.9. The highest BCUT2D eigenvalue weighted by atomic mass is 16.7. The van der Waals surface area contributed by atoms with Crippen LogP contribution in [0.5, 0.6) is 11.5 Å². The molecule has 1 fully saturated rings. The van der Waals surface area contributed by atoms with E-state index in [9.17, 15) is 19.8 Å². The van der Waals surface area contributed by atoms with Crippen LogP contribution in [0.15, 0.2) is 133 Å². The van der Waals surface area contributed by atoms with E-state index in [1.807, 2.05) is 78.9 Å². The van der Waals surface area contributed by atoms with E-state index in [2.05, 4.69) is 30.6 Å². The Bertz CT molecular complexity index is 2290. The first-order chi connectivity index (χ1) is 31.3. The number of hydrogen-bond donors (Lipinski definition) is 3. The van der Waals surface area contributed by atoms with Crippen molar-refractivity contribution in [2.75, 3.05) is 33.5 Å². The van der Waals surface area contributed by atoms with Crippen LogP contribution < -0.4 is 14.8 Å². The second kappa shape index (κ2) is 22.1. The van der Waals surface area contributed by atoms with Crippen LogP contribution in [0.2, 0.25) is 0 Å². The van der Waals surface area contributed by atoms with E-state index in [1.165, 1.54) is 7.11 Å². The predicted octanol–water partition coefficient (Wildman–Crippen LogP) is 9.61. The lowest BCUT2D eigenvalue weighted by molar-refractivity contribution is -0.256. The highest BCUT2D eigenvalue weighted by Gasteiger charge is 2.65. The maximum atomic E-state index is 14.8. The minimum absolute atomic E-state index is 0.0240. The lowest BCUT2D eigenvalue weighted by Crippen LogP contribution is -2.70. The molecule has 3 N–H and O–H groups in total. The molecule has 338 valence electrons. The van der Waals surface area contributed by atoms with Crippen molar-refractivity contribution in [1.82, 2.24) is 10.2 Å². The standard InChI is InChI=1S/C52H61N3O9/c1-4-6-30-61-51(59)55(35-39-22-16-21-37-19-10-11-23-41(37)39)47-33-45(54-60-3)43-31-38(20-12-14-27-56)42(24-13-15-28-57)48-44-32-40(63-50(58)53-34-36-17-8-7-9-18-36)25-26-46(44)64-52(47,49(43)48)62-29-5-2/h4-5,7-11,16-19,21-23,25-26,31-32,38,42,47-49,56-57H,1-2,6,12-15,20,24,27-30,33-35H2,3H3,(H,53,58). The van der Waals surface area contributed by atoms with Crippen molar-refractivity contribution in [3.63, 3.8) is 0 Å². The molecule has 0 bridgehead atoms. The maximum Gasteiger partial charge on any atom is 0.412 e. The Hall–Kier alpha value is -5.95. The molecule has 7 rings (SSSR count). The number of oxime groups is 1. The molecule has 6 unspecified atom stereocenters. The molecule has 2 aliphatic carbocycles. The number of nitrogens with zero attached hydrogens (tertiary/aromatic N) is 2. The highest BCUT2D eigenvalue weighted by Crippen LogP contribution is 2.62. The van der Waals surface area contributed by atoms with Gasteiger partial charge in [-0.15, -0.1) is 13.2 Å². The minimum Gasteiger partial charge on any atom is -0.459 e. The van der Waals surface area contributed by atoms with Gasteiger partial charge in [0.25, 0.3) is 0 Å². The fraction of sp³-hybridized carbons (Fsp3) is 0.404. The molecule has 6 atom stereocenters. The van der Waals surface area contributed by atoms with Crippen molar-refractivity contribution in [3.05, 3.63) is 145 Å². The monoisotopic (exact) mass is 871 g/mol. The molecule has 1 heterocycles. The van der Waals surface area contributed by atoms with Crippen LogP contribution in [-0.4, -0.2) is 78.4 Å². The molecule has 0 aromatic heterocycles. The molecular weight excluding hydrogens is 811 g/mol. The van der Waals surface area contributed by atoms with Gasteiger partial charge in [0, 0.05) is 37.7 Å². The topological polar surface area (TPSA) is 148 Å². The summed E-state index contributed by atoms with van der Waals surface area (Å²) in [5.41, 5.74) is 4.23. The molecule has 1 aliphatic heterocycles. The number of benzene rings is 4. The van der Waals surface area contributed by atoms with E-state index in [0.29, 0.717) is 43.0 Å². The largest absolute Gasteiger partial charge is 0.459 e. The summed E-state index contributed by atoms with van der Waals surface area (Å²) >= 11 is 0. The van der Waals surface area contributed by atoms with Gasteiger partial charge in [0.2, 0.25) is 5.79 Å². The number of nitrogens with one attached hydrogen (secondary N) is 1. The van der Waals surface area contributed by atoms with E-state index >= 15 is 0 Å². The number of carbonyl (C=O) groups excluding carboxylic acids is 2. The summed E-state index contributed by atoms with van der Waals surface area (Å²) in [6, 6.07) is 28.4. The van der Waals surface area contributed by atoms with Crippen molar-refractivity contribution < 1.29 is 43.6 Å². The van der Waals surface area contributed by atoms with Crippen molar-refractivity contribution in [3.8, 4) is 11.5 Å². The van der Waals surface area contributed by atoms with Crippen molar-refractivity contribution in [2.45, 2.75) is 82.2 Å². The van der Waals surface area contributed by atoms with Crippen LogP contribution in [0.3, 0.4) is 0 Å². The van der Waals surface area contributed by atoms with E-state index < -0.39 is 29.9 Å². The zero-order valence-corrected chi connectivity index (χ0v) is 36.7. The average molecular weight is 872 g/mol. The lowest BCUT2D eigenvalue weighted by atomic mass is 9.55. The number of unbranched alkanes of at least 4 members (excludes halogenated alkanes) is 2. The van der Waals surface area contributed by atoms with E-state index in [4.69, 9.17) is 28.9 Å². The van der Waals surface area contributed by atoms with Gasteiger partial charge in [0.05, 0.1) is 31.4 Å². The number of carbonyl (C=O) groups is 2. The molecule has 12 nitrogen and oxygen atoms in total. The summed E-state index contributed by atoms with van der Waals surface area (Å²) < 4.78 is 26.4. The zero-order valence-electron chi connectivity index (χ0n) is 36.7. The van der Waals surface area contributed by atoms with E-state index in [-0.39, 0.29) is 57.1 Å². The molecule has 0 radical (unpaired) electrons. The van der Waals surface area contributed by atoms with Crippen molar-refractivity contribution in [1.29, 1.82) is 0 Å². The quantitative estimate of drug-likeness (QED) is 0.0423. The van der Waals surface area contributed by atoms with Crippen LogP contribution >= 0.6 is 0 Å². The first-order valence-electron chi connectivity index (χ1n) is 22.5. The third kappa shape index (κ3) is 10.2. The van der Waals surface area contributed by atoms with Gasteiger partial charge in [0.1, 0.15) is 24.7 Å². The van der Waals surface area contributed by atoms with Crippen LogP contribution in [0.25, 0.3) is 10.8 Å². The number of aliphatic hydroxyl groups is 2. The lowest BCUT2D eigenvalue weighted by Gasteiger charge is -2.59. The SMILES string of the molecule is C=CCCOC(=O)N(Cc1cccc2ccccc12)C1CC(=NOC)C2=CC(CCCCO)C(CCCCO)C3c4cc(OC(=O)NCc5ccccc5)ccc4OC1(OCC=C)C23. The first-order valence-corrected chi connectivity index (χ1v) is 22.5. The normalized spacial score (nSPS) is 22.6. The van der Waals surface area contributed by atoms with Crippen LogP contribution in [-0.2, 0) is 27.4 Å². The summed E-state index contributed by atoms with van der Waals surface area (Å²) in [7, 11) is 1.52. The Morgan fingerprint density at radius 1 is 0.938 bits per heavy atom. The molecule has 2 amide bonds. The number of allylic oxidation sites excluding steroid dienone is 1. The summed E-state index contributed by atoms with van der Waals surface area (Å²) in [5, 5.41) is 29.5. The average Bonchev–Trinajstić information content (AvgIpc) is 3.31. The van der Waals surface area contributed by atoms with Crippen LogP contribution in [0.1, 0.15) is 74.0 Å². The molecule has 12 heteroatoms. The number of hydrogen-bond acceptors (Lipinski definition) is 10. The van der Waals surface area contributed by atoms with E-state index in [1.54, 1.807) is 23.1 Å². The van der Waals surface area contributed by atoms with Gasteiger partial charge in [-0.3, -0.25) is 4.90 Å². The van der Waals surface area contributed by atoms with Gasteiger partial charge in [-0.25, -0.2) is 9.59 Å². The highest BCUT2D eigenvalue weighted by molar-refractivity contribution is 6.03. The molecule has 64 heavy (non-hydrogen) atoms. The number of fused-ring (bicyclic) bond motifs is 3. The van der Waals surface area contributed by atoms with Crippen LogP contribution in [0.4, 0.5) is 9.59 Å². The minimum atomic E-state index is -1.51.